The number of carbonyl (C=O) groups excluding carboxylic acids is 2. The number of thiophene rings is 1. The number of pyridine rings is 1. The van der Waals surface area contributed by atoms with Gasteiger partial charge in [0.15, 0.2) is 0 Å². The minimum atomic E-state index is -0.0921. The van der Waals surface area contributed by atoms with Crippen molar-refractivity contribution in [2.45, 2.75) is 31.7 Å². The highest BCUT2D eigenvalue weighted by atomic mass is 32.1. The van der Waals surface area contributed by atoms with Gasteiger partial charge in [-0.2, -0.15) is 0 Å². The van der Waals surface area contributed by atoms with E-state index < -0.39 is 0 Å². The van der Waals surface area contributed by atoms with E-state index in [1.165, 1.54) is 4.88 Å². The first-order chi connectivity index (χ1) is 11.7. The van der Waals surface area contributed by atoms with Gasteiger partial charge in [0.2, 0.25) is 5.91 Å². The summed E-state index contributed by atoms with van der Waals surface area (Å²) in [6.07, 6.45) is 6.20. The van der Waals surface area contributed by atoms with Crippen LogP contribution < -0.4 is 5.32 Å². The summed E-state index contributed by atoms with van der Waals surface area (Å²) in [4.78, 5) is 31.5. The van der Waals surface area contributed by atoms with E-state index >= 15 is 0 Å². The topological polar surface area (TPSA) is 62.3 Å². The molecule has 24 heavy (non-hydrogen) atoms. The molecule has 2 aromatic rings. The minimum Gasteiger partial charge on any atom is -0.349 e. The number of aromatic nitrogens is 1. The maximum Gasteiger partial charge on any atom is 0.253 e. The maximum atomic E-state index is 12.3. The van der Waals surface area contributed by atoms with Crippen molar-refractivity contribution in [3.63, 3.8) is 0 Å². The van der Waals surface area contributed by atoms with Crippen LogP contribution in [0.5, 0.6) is 0 Å². The lowest BCUT2D eigenvalue weighted by atomic mass is 10.0. The van der Waals surface area contributed by atoms with Gasteiger partial charge in [0.05, 0.1) is 5.56 Å². The summed E-state index contributed by atoms with van der Waals surface area (Å²) in [5.41, 5.74) is 0.576. The van der Waals surface area contributed by atoms with Crippen molar-refractivity contribution < 1.29 is 9.59 Å². The fraction of sp³-hybridized carbons (Fsp3) is 0.389. The first-order valence-electron chi connectivity index (χ1n) is 8.23. The molecule has 0 aliphatic carbocycles. The summed E-state index contributed by atoms with van der Waals surface area (Å²) in [6, 6.07) is 7.72. The molecular weight excluding hydrogens is 322 g/mol. The normalized spacial score (nSPS) is 15.2. The molecule has 3 rings (SSSR count). The van der Waals surface area contributed by atoms with Crippen LogP contribution in [-0.2, 0) is 11.2 Å². The molecule has 3 heterocycles. The number of hydrogen-bond donors (Lipinski definition) is 1. The molecular formula is C18H21N3O2S. The number of carbonyl (C=O) groups is 2. The zero-order chi connectivity index (χ0) is 16.8. The summed E-state index contributed by atoms with van der Waals surface area (Å²) >= 11 is 1.69. The van der Waals surface area contributed by atoms with Crippen LogP contribution in [0.25, 0.3) is 0 Å². The van der Waals surface area contributed by atoms with Crippen molar-refractivity contribution in [1.29, 1.82) is 0 Å². The predicted octanol–water partition coefficient (Wildman–Crippen LogP) is 2.50. The number of piperidine rings is 1. The van der Waals surface area contributed by atoms with Crippen molar-refractivity contribution in [1.82, 2.24) is 15.2 Å². The molecule has 1 saturated heterocycles. The quantitative estimate of drug-likeness (QED) is 0.907. The molecule has 0 unspecified atom stereocenters. The van der Waals surface area contributed by atoms with Gasteiger partial charge >= 0.3 is 0 Å². The first kappa shape index (κ1) is 16.6. The number of nitrogens with zero attached hydrogens (tertiary/aromatic N) is 2. The average Bonchev–Trinajstić information content (AvgIpc) is 3.14. The first-order valence-corrected chi connectivity index (χ1v) is 9.11. The van der Waals surface area contributed by atoms with Crippen molar-refractivity contribution in [3.8, 4) is 0 Å². The number of nitrogens with one attached hydrogen (secondary N) is 1. The molecule has 1 aliphatic rings. The van der Waals surface area contributed by atoms with Crippen LogP contribution in [0.3, 0.4) is 0 Å². The van der Waals surface area contributed by atoms with Crippen LogP contribution in [0.15, 0.2) is 42.0 Å². The molecule has 0 radical (unpaired) electrons. The van der Waals surface area contributed by atoms with E-state index in [0.29, 0.717) is 25.1 Å². The van der Waals surface area contributed by atoms with Crippen LogP contribution in [0.2, 0.25) is 0 Å². The predicted molar refractivity (Wildman–Crippen MR) is 93.9 cm³/mol. The second-order valence-corrected chi connectivity index (χ2v) is 6.98. The maximum absolute atomic E-state index is 12.3. The highest BCUT2D eigenvalue weighted by molar-refractivity contribution is 7.09. The van der Waals surface area contributed by atoms with Crippen LogP contribution in [0.4, 0.5) is 0 Å². The number of aryl methyl sites for hydroxylation is 1. The Labute approximate surface area is 145 Å². The lowest BCUT2D eigenvalue weighted by Gasteiger charge is -2.32. The van der Waals surface area contributed by atoms with E-state index in [2.05, 4.69) is 16.4 Å². The largest absolute Gasteiger partial charge is 0.349 e. The second kappa shape index (κ2) is 8.06. The van der Waals surface area contributed by atoms with E-state index in [1.807, 2.05) is 16.3 Å². The zero-order valence-electron chi connectivity index (χ0n) is 13.5. The van der Waals surface area contributed by atoms with Gasteiger partial charge < -0.3 is 10.2 Å². The number of likely N-dealkylation sites (tertiary alicyclic amines) is 1. The van der Waals surface area contributed by atoms with Gasteiger partial charge in [-0.3, -0.25) is 14.6 Å². The van der Waals surface area contributed by atoms with Crippen molar-refractivity contribution >= 4 is 23.2 Å². The Morgan fingerprint density at radius 2 is 2.08 bits per heavy atom. The van der Waals surface area contributed by atoms with Gasteiger partial charge in [-0.25, -0.2) is 0 Å². The molecule has 6 heteroatoms. The van der Waals surface area contributed by atoms with Gasteiger partial charge in [-0.15, -0.1) is 11.3 Å². The summed E-state index contributed by atoms with van der Waals surface area (Å²) < 4.78 is 0. The molecule has 126 valence electrons. The molecule has 5 nitrogen and oxygen atoms in total. The molecule has 1 N–H and O–H groups in total. The van der Waals surface area contributed by atoms with Crippen LogP contribution in [-0.4, -0.2) is 40.8 Å². The van der Waals surface area contributed by atoms with E-state index in [0.717, 1.165) is 19.3 Å². The van der Waals surface area contributed by atoms with Crippen molar-refractivity contribution in [2.24, 2.45) is 0 Å². The number of hydrogen-bond acceptors (Lipinski definition) is 4. The fourth-order valence-corrected chi connectivity index (χ4v) is 3.59. The summed E-state index contributed by atoms with van der Waals surface area (Å²) in [5, 5.41) is 5.07. The Morgan fingerprint density at radius 1 is 1.25 bits per heavy atom. The molecule has 0 saturated carbocycles. The van der Waals surface area contributed by atoms with Gasteiger partial charge in [0, 0.05) is 42.8 Å². The van der Waals surface area contributed by atoms with Crippen molar-refractivity contribution in [2.75, 3.05) is 13.1 Å². The lowest BCUT2D eigenvalue weighted by molar-refractivity contribution is -0.132. The highest BCUT2D eigenvalue weighted by Crippen LogP contribution is 2.15. The molecule has 0 aromatic carbocycles. The van der Waals surface area contributed by atoms with E-state index in [4.69, 9.17) is 0 Å². The molecule has 1 aliphatic heterocycles. The Kier molecular flexibility index (Phi) is 5.59. The SMILES string of the molecule is O=C(NC1CCN(C(=O)CCc2cccs2)CC1)c1cccnc1. The third-order valence-corrected chi connectivity index (χ3v) is 5.21. The highest BCUT2D eigenvalue weighted by Gasteiger charge is 2.24. The summed E-state index contributed by atoms with van der Waals surface area (Å²) in [6.45, 7) is 1.42. The average molecular weight is 343 g/mol. The Balaban J connectivity index is 1.42. The molecule has 0 spiro atoms. The molecule has 0 bridgehead atoms. The van der Waals surface area contributed by atoms with Crippen molar-refractivity contribution in [3.05, 3.63) is 52.5 Å². The molecule has 2 amide bonds. The minimum absolute atomic E-state index is 0.0921. The Morgan fingerprint density at radius 3 is 2.75 bits per heavy atom. The van der Waals surface area contributed by atoms with Crippen LogP contribution in [0, 0.1) is 0 Å². The third-order valence-electron chi connectivity index (χ3n) is 4.27. The molecule has 1 fully saturated rings. The fourth-order valence-electron chi connectivity index (χ4n) is 2.88. The standard InChI is InChI=1S/C18H21N3O2S/c22-17(6-5-16-4-2-12-24-16)21-10-7-15(8-11-21)20-18(23)14-3-1-9-19-13-14/h1-4,9,12-13,15H,5-8,10-11H2,(H,20,23). The van der Waals surface area contributed by atoms with E-state index in [-0.39, 0.29) is 17.9 Å². The van der Waals surface area contributed by atoms with Crippen LogP contribution in [0.1, 0.15) is 34.5 Å². The van der Waals surface area contributed by atoms with Crippen LogP contribution >= 0.6 is 11.3 Å². The summed E-state index contributed by atoms with van der Waals surface area (Å²) in [7, 11) is 0. The van der Waals surface area contributed by atoms with E-state index in [1.54, 1.807) is 35.9 Å². The van der Waals surface area contributed by atoms with Gasteiger partial charge in [0.25, 0.3) is 5.91 Å². The van der Waals surface area contributed by atoms with Gasteiger partial charge in [-0.05, 0) is 42.8 Å². The molecule has 2 aromatic heterocycles. The zero-order valence-corrected chi connectivity index (χ0v) is 14.3. The second-order valence-electron chi connectivity index (χ2n) is 5.95. The Hall–Kier alpha value is -2.21. The monoisotopic (exact) mass is 343 g/mol. The van der Waals surface area contributed by atoms with Gasteiger partial charge in [0.1, 0.15) is 0 Å². The van der Waals surface area contributed by atoms with E-state index in [9.17, 15) is 9.59 Å². The lowest BCUT2D eigenvalue weighted by Crippen LogP contribution is -2.46. The number of rotatable bonds is 5. The van der Waals surface area contributed by atoms with Gasteiger partial charge in [-0.1, -0.05) is 6.07 Å². The smallest absolute Gasteiger partial charge is 0.253 e. The molecule has 0 atom stereocenters. The third kappa shape index (κ3) is 4.41. The summed E-state index contributed by atoms with van der Waals surface area (Å²) in [5.74, 6) is 0.117. The number of amides is 2. The Bertz CT molecular complexity index is 665.